The fourth-order valence-electron chi connectivity index (χ4n) is 3.50. The van der Waals surface area contributed by atoms with Crippen molar-refractivity contribution in [2.75, 3.05) is 26.7 Å². The molecule has 3 unspecified atom stereocenters. The molecule has 0 aliphatic carbocycles. The second kappa shape index (κ2) is 9.20. The van der Waals surface area contributed by atoms with Crippen molar-refractivity contribution in [1.82, 2.24) is 10.2 Å². The molecule has 5 nitrogen and oxygen atoms in total. The molecule has 0 radical (unpaired) electrons. The Hall–Kier alpha value is -1.59. The number of amides is 1. The molecule has 5 heteroatoms. The summed E-state index contributed by atoms with van der Waals surface area (Å²) in [6.45, 7) is 8.17. The fraction of sp³-hybridized carbons (Fsp3) is 0.650. The zero-order valence-electron chi connectivity index (χ0n) is 15.9. The number of aliphatic hydroxyl groups is 1. The molecule has 1 heterocycles. The molecular weight excluding hydrogens is 316 g/mol. The molecule has 1 aliphatic heterocycles. The highest BCUT2D eigenvalue weighted by Crippen LogP contribution is 2.24. The van der Waals surface area contributed by atoms with Crippen LogP contribution in [0.2, 0.25) is 0 Å². The van der Waals surface area contributed by atoms with Gasteiger partial charge >= 0.3 is 0 Å². The third kappa shape index (κ3) is 5.72. The molecule has 2 rings (SSSR count). The second-order valence-electron chi connectivity index (χ2n) is 7.44. The van der Waals surface area contributed by atoms with Crippen LogP contribution in [0.15, 0.2) is 24.3 Å². The van der Waals surface area contributed by atoms with Gasteiger partial charge < -0.3 is 15.2 Å². The van der Waals surface area contributed by atoms with E-state index in [4.69, 9.17) is 4.74 Å². The molecule has 1 amide bonds. The van der Waals surface area contributed by atoms with Gasteiger partial charge in [0.2, 0.25) is 5.91 Å². The monoisotopic (exact) mass is 348 g/mol. The summed E-state index contributed by atoms with van der Waals surface area (Å²) in [5.41, 5.74) is 1.09. The maximum Gasteiger partial charge on any atom is 0.234 e. The molecule has 1 aromatic carbocycles. The zero-order chi connectivity index (χ0) is 18.4. The summed E-state index contributed by atoms with van der Waals surface area (Å²) in [6.07, 6.45) is 1.76. The number of aliphatic hydroxyl groups excluding tert-OH is 1. The van der Waals surface area contributed by atoms with Gasteiger partial charge in [-0.05, 0) is 55.8 Å². The quantitative estimate of drug-likeness (QED) is 0.795. The predicted molar refractivity (Wildman–Crippen MR) is 99.6 cm³/mol. The highest BCUT2D eigenvalue weighted by Gasteiger charge is 2.26. The van der Waals surface area contributed by atoms with E-state index in [-0.39, 0.29) is 24.0 Å². The average Bonchev–Trinajstić information content (AvgIpc) is 2.60. The maximum absolute atomic E-state index is 12.6. The van der Waals surface area contributed by atoms with E-state index in [9.17, 15) is 9.90 Å². The SMILES string of the molecule is COc1ccc(C(NC(=O)CN2CCCC(C(C)O)C2)C(C)C)cc1. The Bertz CT molecular complexity index is 542. The van der Waals surface area contributed by atoms with Crippen LogP contribution in [0.4, 0.5) is 0 Å². The molecule has 2 N–H and O–H groups in total. The topological polar surface area (TPSA) is 61.8 Å². The average molecular weight is 348 g/mol. The van der Waals surface area contributed by atoms with Gasteiger partial charge in [0.15, 0.2) is 0 Å². The first-order chi connectivity index (χ1) is 11.9. The summed E-state index contributed by atoms with van der Waals surface area (Å²) in [7, 11) is 1.65. The van der Waals surface area contributed by atoms with Crippen LogP contribution in [0.25, 0.3) is 0 Å². The number of rotatable bonds is 7. The van der Waals surface area contributed by atoms with Gasteiger partial charge in [-0.1, -0.05) is 26.0 Å². The van der Waals surface area contributed by atoms with E-state index in [1.165, 1.54) is 0 Å². The van der Waals surface area contributed by atoms with Gasteiger partial charge in [0.05, 0.1) is 25.8 Å². The van der Waals surface area contributed by atoms with E-state index < -0.39 is 0 Å². The predicted octanol–water partition coefficient (Wildman–Crippen LogP) is 2.60. The lowest BCUT2D eigenvalue weighted by molar-refractivity contribution is -0.124. The van der Waals surface area contributed by atoms with Gasteiger partial charge in [0, 0.05) is 6.54 Å². The van der Waals surface area contributed by atoms with Crippen LogP contribution in [0.5, 0.6) is 5.75 Å². The minimum absolute atomic E-state index is 0.0178. The summed E-state index contributed by atoms with van der Waals surface area (Å²) < 4.78 is 5.21. The van der Waals surface area contributed by atoms with Gasteiger partial charge in [-0.25, -0.2) is 0 Å². The number of benzene rings is 1. The van der Waals surface area contributed by atoms with Crippen molar-refractivity contribution >= 4 is 5.91 Å². The van der Waals surface area contributed by atoms with Gasteiger partial charge in [0.25, 0.3) is 0 Å². The molecule has 0 bridgehead atoms. The highest BCUT2D eigenvalue weighted by molar-refractivity contribution is 5.78. The number of carbonyl (C=O) groups is 1. The van der Waals surface area contributed by atoms with E-state index in [2.05, 4.69) is 24.1 Å². The molecule has 25 heavy (non-hydrogen) atoms. The number of piperidine rings is 1. The summed E-state index contributed by atoms with van der Waals surface area (Å²) in [4.78, 5) is 14.7. The van der Waals surface area contributed by atoms with Gasteiger partial charge in [-0.2, -0.15) is 0 Å². The summed E-state index contributed by atoms with van der Waals surface area (Å²) in [6, 6.07) is 7.85. The van der Waals surface area contributed by atoms with E-state index >= 15 is 0 Å². The van der Waals surface area contributed by atoms with Crippen LogP contribution < -0.4 is 10.1 Å². The smallest absolute Gasteiger partial charge is 0.234 e. The van der Waals surface area contributed by atoms with Crippen molar-refractivity contribution in [3.8, 4) is 5.75 Å². The molecular formula is C20H32N2O3. The normalized spacial score (nSPS) is 21.0. The molecule has 140 valence electrons. The number of nitrogens with one attached hydrogen (secondary N) is 1. The van der Waals surface area contributed by atoms with Crippen molar-refractivity contribution in [2.24, 2.45) is 11.8 Å². The first kappa shape index (κ1) is 19.7. The standard InChI is InChI=1S/C20H32N2O3/c1-14(2)20(16-7-9-18(25-4)10-8-16)21-19(24)13-22-11-5-6-17(12-22)15(3)23/h7-10,14-15,17,20,23H,5-6,11-13H2,1-4H3,(H,21,24). The third-order valence-corrected chi connectivity index (χ3v) is 5.05. The van der Waals surface area contributed by atoms with Crippen molar-refractivity contribution in [3.05, 3.63) is 29.8 Å². The first-order valence-electron chi connectivity index (χ1n) is 9.24. The van der Waals surface area contributed by atoms with Gasteiger partial charge in [-0.3, -0.25) is 9.69 Å². The Labute approximate surface area is 151 Å². The number of hydrogen-bond donors (Lipinski definition) is 2. The van der Waals surface area contributed by atoms with E-state index in [0.717, 1.165) is 37.2 Å². The van der Waals surface area contributed by atoms with Gasteiger partial charge in [0.1, 0.15) is 5.75 Å². The van der Waals surface area contributed by atoms with E-state index in [1.807, 2.05) is 31.2 Å². The Morgan fingerprint density at radius 2 is 2.00 bits per heavy atom. The molecule has 1 aromatic rings. The summed E-state index contributed by atoms with van der Waals surface area (Å²) in [5.74, 6) is 1.42. The second-order valence-corrected chi connectivity index (χ2v) is 7.44. The molecule has 0 spiro atoms. The maximum atomic E-state index is 12.6. The summed E-state index contributed by atoms with van der Waals surface area (Å²) in [5, 5.41) is 13.0. The van der Waals surface area contributed by atoms with Crippen molar-refractivity contribution in [2.45, 2.75) is 45.8 Å². The number of hydrogen-bond acceptors (Lipinski definition) is 4. The lowest BCUT2D eigenvalue weighted by atomic mass is 9.93. The van der Waals surface area contributed by atoms with Crippen molar-refractivity contribution < 1.29 is 14.6 Å². The van der Waals surface area contributed by atoms with Crippen molar-refractivity contribution in [1.29, 1.82) is 0 Å². The Kier molecular flexibility index (Phi) is 7.26. The van der Waals surface area contributed by atoms with Crippen LogP contribution in [0, 0.1) is 11.8 Å². The van der Waals surface area contributed by atoms with E-state index in [1.54, 1.807) is 7.11 Å². The van der Waals surface area contributed by atoms with Crippen molar-refractivity contribution in [3.63, 3.8) is 0 Å². The third-order valence-electron chi connectivity index (χ3n) is 5.05. The Morgan fingerprint density at radius 1 is 1.32 bits per heavy atom. The number of likely N-dealkylation sites (tertiary alicyclic amines) is 1. The largest absolute Gasteiger partial charge is 0.497 e. The molecule has 0 aromatic heterocycles. The van der Waals surface area contributed by atoms with Crippen LogP contribution in [0.1, 0.15) is 45.2 Å². The highest BCUT2D eigenvalue weighted by atomic mass is 16.5. The first-order valence-corrected chi connectivity index (χ1v) is 9.24. The molecule has 1 fully saturated rings. The molecule has 0 saturated carbocycles. The number of methoxy groups -OCH3 is 1. The fourth-order valence-corrected chi connectivity index (χ4v) is 3.50. The lowest BCUT2D eigenvalue weighted by Gasteiger charge is -2.34. The number of ether oxygens (including phenoxy) is 1. The Morgan fingerprint density at radius 3 is 2.56 bits per heavy atom. The van der Waals surface area contributed by atoms with Crippen LogP contribution >= 0.6 is 0 Å². The summed E-state index contributed by atoms with van der Waals surface area (Å²) >= 11 is 0. The molecule has 1 saturated heterocycles. The number of carbonyl (C=O) groups excluding carboxylic acids is 1. The van der Waals surface area contributed by atoms with E-state index in [0.29, 0.717) is 12.5 Å². The zero-order valence-corrected chi connectivity index (χ0v) is 15.9. The molecule has 1 aliphatic rings. The van der Waals surface area contributed by atoms with Gasteiger partial charge in [-0.15, -0.1) is 0 Å². The van der Waals surface area contributed by atoms with Crippen LogP contribution in [-0.4, -0.2) is 48.8 Å². The Balaban J connectivity index is 1.95. The minimum atomic E-state index is -0.312. The molecule has 3 atom stereocenters. The van der Waals surface area contributed by atoms with Crippen LogP contribution in [-0.2, 0) is 4.79 Å². The number of nitrogens with zero attached hydrogens (tertiary/aromatic N) is 1. The van der Waals surface area contributed by atoms with Crippen LogP contribution in [0.3, 0.4) is 0 Å². The lowest BCUT2D eigenvalue weighted by Crippen LogP contribution is -2.45. The minimum Gasteiger partial charge on any atom is -0.497 e.